The predicted molar refractivity (Wildman–Crippen MR) is 83.5 cm³/mol. The number of unbranched alkanes of at least 4 members (excludes halogenated alkanes) is 1. The molecule has 0 aliphatic heterocycles. The topological polar surface area (TPSA) is 35.1 Å². The first-order valence-corrected chi connectivity index (χ1v) is 7.69. The van der Waals surface area contributed by atoms with Gasteiger partial charge in [-0.2, -0.15) is 0 Å². The van der Waals surface area contributed by atoms with Gasteiger partial charge in [-0.1, -0.05) is 19.9 Å². The Bertz CT molecular complexity index is 377. The minimum Gasteiger partial charge on any atom is -0.494 e. The van der Waals surface area contributed by atoms with Gasteiger partial charge in [0.2, 0.25) is 0 Å². The fourth-order valence-corrected chi connectivity index (χ4v) is 2.31. The summed E-state index contributed by atoms with van der Waals surface area (Å²) in [6, 6.07) is 6.43. The van der Waals surface area contributed by atoms with Crippen LogP contribution in [-0.4, -0.2) is 33.4 Å². The van der Waals surface area contributed by atoms with E-state index in [0.717, 1.165) is 38.5 Å². The summed E-state index contributed by atoms with van der Waals surface area (Å²) in [6.07, 6.45) is 2.29. The van der Waals surface area contributed by atoms with Gasteiger partial charge in [0.15, 0.2) is 0 Å². The van der Waals surface area contributed by atoms with Crippen LogP contribution in [0.1, 0.15) is 43.7 Å². The van der Waals surface area contributed by atoms with Gasteiger partial charge in [0.1, 0.15) is 5.75 Å². The molecule has 3 heteroatoms. The van der Waals surface area contributed by atoms with Crippen LogP contribution in [0.4, 0.5) is 0 Å². The second-order valence-electron chi connectivity index (χ2n) is 5.59. The predicted octanol–water partition coefficient (Wildman–Crippen LogP) is 2.49. The smallest absolute Gasteiger partial charge is 0.119 e. The number of nitrogens with two attached hydrogens (primary N) is 1. The van der Waals surface area contributed by atoms with Crippen molar-refractivity contribution in [1.29, 1.82) is 0 Å². The number of rotatable bonds is 10. The van der Waals surface area contributed by atoms with Gasteiger partial charge >= 0.3 is 0 Å². The molecule has 114 valence electrons. The van der Waals surface area contributed by atoms with Crippen molar-refractivity contribution in [1.82, 2.24) is 0 Å². The summed E-state index contributed by atoms with van der Waals surface area (Å²) in [5.74, 6) is 1.57. The minimum atomic E-state index is 0.576. The van der Waals surface area contributed by atoms with Gasteiger partial charge in [-0.05, 0) is 48.9 Å². The molecule has 0 fully saturated rings. The van der Waals surface area contributed by atoms with Crippen LogP contribution in [0.15, 0.2) is 18.2 Å². The van der Waals surface area contributed by atoms with Crippen LogP contribution >= 0.6 is 0 Å². The summed E-state index contributed by atoms with van der Waals surface area (Å²) < 4.78 is 10.8. The number of ether oxygens (including phenoxy) is 2. The molecule has 1 aromatic carbocycles. The third-order valence-electron chi connectivity index (χ3n) is 3.46. The molecule has 0 radical (unpaired) electrons. The Balaban J connectivity index is 2.18. The van der Waals surface area contributed by atoms with Crippen LogP contribution in [0.2, 0.25) is 0 Å². The Labute approximate surface area is 123 Å². The van der Waals surface area contributed by atoms with Gasteiger partial charge in [0, 0.05) is 7.11 Å². The van der Waals surface area contributed by atoms with Gasteiger partial charge in [0.05, 0.1) is 26.3 Å². The Kier molecular flexibility index (Phi) is 8.31. The van der Waals surface area contributed by atoms with Crippen LogP contribution < -0.4 is 10.1 Å². The molecule has 0 saturated heterocycles. The SMILES string of the molecule is COCC[NH2+]CCCCOc1ccc(C(C)C)c(C)c1. The molecule has 0 aliphatic rings. The highest BCUT2D eigenvalue weighted by Crippen LogP contribution is 2.23. The van der Waals surface area contributed by atoms with Crippen molar-refractivity contribution < 1.29 is 14.8 Å². The molecule has 0 heterocycles. The molecular formula is C17H30NO2+. The van der Waals surface area contributed by atoms with E-state index in [1.54, 1.807) is 7.11 Å². The van der Waals surface area contributed by atoms with E-state index in [-0.39, 0.29) is 0 Å². The summed E-state index contributed by atoms with van der Waals surface area (Å²) in [5, 5.41) is 2.30. The van der Waals surface area contributed by atoms with E-state index in [2.05, 4.69) is 44.3 Å². The number of hydrogen-bond acceptors (Lipinski definition) is 2. The summed E-state index contributed by atoms with van der Waals surface area (Å²) in [4.78, 5) is 0. The molecule has 3 nitrogen and oxygen atoms in total. The Morgan fingerprint density at radius 1 is 1.10 bits per heavy atom. The van der Waals surface area contributed by atoms with Crippen molar-refractivity contribution in [3.63, 3.8) is 0 Å². The van der Waals surface area contributed by atoms with Crippen molar-refractivity contribution in [2.45, 2.75) is 39.5 Å². The highest BCUT2D eigenvalue weighted by Gasteiger charge is 2.04. The average Bonchev–Trinajstić information content (AvgIpc) is 2.41. The van der Waals surface area contributed by atoms with Crippen molar-refractivity contribution in [2.75, 3.05) is 33.4 Å². The molecule has 1 rings (SSSR count). The highest BCUT2D eigenvalue weighted by molar-refractivity contribution is 5.36. The Morgan fingerprint density at radius 3 is 2.55 bits per heavy atom. The van der Waals surface area contributed by atoms with E-state index in [4.69, 9.17) is 9.47 Å². The lowest BCUT2D eigenvalue weighted by Gasteiger charge is -2.12. The first-order chi connectivity index (χ1) is 9.65. The summed E-state index contributed by atoms with van der Waals surface area (Å²) >= 11 is 0. The van der Waals surface area contributed by atoms with E-state index in [9.17, 15) is 0 Å². The van der Waals surface area contributed by atoms with E-state index in [1.165, 1.54) is 17.5 Å². The average molecular weight is 280 g/mol. The fraction of sp³-hybridized carbons (Fsp3) is 0.647. The minimum absolute atomic E-state index is 0.576. The van der Waals surface area contributed by atoms with E-state index < -0.39 is 0 Å². The summed E-state index contributed by atoms with van der Waals surface area (Å²) in [5.41, 5.74) is 2.73. The Morgan fingerprint density at radius 2 is 1.90 bits per heavy atom. The molecule has 2 N–H and O–H groups in total. The van der Waals surface area contributed by atoms with E-state index in [0.29, 0.717) is 5.92 Å². The molecule has 0 aliphatic carbocycles. The maximum Gasteiger partial charge on any atom is 0.119 e. The van der Waals surface area contributed by atoms with Gasteiger partial charge in [0.25, 0.3) is 0 Å². The number of benzene rings is 1. The molecule has 0 bridgehead atoms. The van der Waals surface area contributed by atoms with Gasteiger partial charge in [-0.15, -0.1) is 0 Å². The monoisotopic (exact) mass is 280 g/mol. The molecule has 0 amide bonds. The maximum absolute atomic E-state index is 5.81. The molecule has 0 spiro atoms. The molecule has 1 aromatic rings. The number of aryl methyl sites for hydroxylation is 1. The lowest BCUT2D eigenvalue weighted by molar-refractivity contribution is -0.656. The first-order valence-electron chi connectivity index (χ1n) is 7.69. The van der Waals surface area contributed by atoms with Crippen molar-refractivity contribution in [2.24, 2.45) is 0 Å². The van der Waals surface area contributed by atoms with Gasteiger partial charge in [-0.25, -0.2) is 0 Å². The maximum atomic E-state index is 5.81. The quantitative estimate of drug-likeness (QED) is 0.668. The lowest BCUT2D eigenvalue weighted by Crippen LogP contribution is -2.85. The third-order valence-corrected chi connectivity index (χ3v) is 3.46. The third kappa shape index (κ3) is 6.40. The number of methoxy groups -OCH3 is 1. The first kappa shape index (κ1) is 17.0. The molecule has 0 aromatic heterocycles. The normalized spacial score (nSPS) is 11.1. The molecule has 0 unspecified atom stereocenters. The highest BCUT2D eigenvalue weighted by atomic mass is 16.5. The zero-order valence-electron chi connectivity index (χ0n) is 13.4. The Hall–Kier alpha value is -1.06. The second kappa shape index (κ2) is 9.78. The molecule has 20 heavy (non-hydrogen) atoms. The van der Waals surface area contributed by atoms with E-state index >= 15 is 0 Å². The van der Waals surface area contributed by atoms with Crippen molar-refractivity contribution >= 4 is 0 Å². The van der Waals surface area contributed by atoms with Crippen LogP contribution in [0.25, 0.3) is 0 Å². The van der Waals surface area contributed by atoms with Gasteiger partial charge < -0.3 is 14.8 Å². The molecule has 0 atom stereocenters. The second-order valence-corrected chi connectivity index (χ2v) is 5.59. The number of quaternary nitrogens is 1. The largest absolute Gasteiger partial charge is 0.494 e. The zero-order valence-corrected chi connectivity index (χ0v) is 13.4. The number of hydrogen-bond donors (Lipinski definition) is 1. The van der Waals surface area contributed by atoms with Crippen LogP contribution in [0.5, 0.6) is 5.75 Å². The summed E-state index contributed by atoms with van der Waals surface area (Å²) in [6.45, 7) is 10.4. The zero-order chi connectivity index (χ0) is 14.8. The van der Waals surface area contributed by atoms with Crippen LogP contribution in [-0.2, 0) is 4.74 Å². The van der Waals surface area contributed by atoms with Crippen LogP contribution in [0, 0.1) is 6.92 Å². The van der Waals surface area contributed by atoms with Crippen LogP contribution in [0.3, 0.4) is 0 Å². The molecular weight excluding hydrogens is 250 g/mol. The summed E-state index contributed by atoms with van der Waals surface area (Å²) in [7, 11) is 1.74. The van der Waals surface area contributed by atoms with Crippen molar-refractivity contribution in [3.05, 3.63) is 29.3 Å². The standard InChI is InChI=1S/C17H29NO2/c1-14(2)17-8-7-16(13-15(17)3)20-11-6-5-9-18-10-12-19-4/h7-8,13-14,18H,5-6,9-12H2,1-4H3/p+1. The van der Waals surface area contributed by atoms with Crippen molar-refractivity contribution in [3.8, 4) is 5.75 Å². The molecule has 0 saturated carbocycles. The lowest BCUT2D eigenvalue weighted by atomic mass is 9.98. The van der Waals surface area contributed by atoms with E-state index in [1.807, 2.05) is 0 Å². The van der Waals surface area contributed by atoms with Gasteiger partial charge in [-0.3, -0.25) is 0 Å². The fourth-order valence-electron chi connectivity index (χ4n) is 2.31.